The first kappa shape index (κ1) is 20.5. The molecule has 0 heterocycles. The van der Waals surface area contributed by atoms with E-state index < -0.39 is 0 Å². The van der Waals surface area contributed by atoms with Crippen LogP contribution in [-0.4, -0.2) is 13.0 Å². The fourth-order valence-electron chi connectivity index (χ4n) is 3.50. The van der Waals surface area contributed by atoms with E-state index in [2.05, 4.69) is 17.4 Å². The van der Waals surface area contributed by atoms with Crippen LogP contribution < -0.4 is 14.8 Å². The van der Waals surface area contributed by atoms with Gasteiger partial charge in [0.05, 0.1) is 7.11 Å². The summed E-state index contributed by atoms with van der Waals surface area (Å²) < 4.78 is 11.6. The molecule has 0 fully saturated rings. The highest BCUT2D eigenvalue weighted by atomic mass is 16.5. The summed E-state index contributed by atoms with van der Waals surface area (Å²) in [5.74, 6) is 1.36. The van der Waals surface area contributed by atoms with Crippen molar-refractivity contribution >= 4 is 16.7 Å². The van der Waals surface area contributed by atoms with Crippen molar-refractivity contribution in [2.24, 2.45) is 0 Å². The molecule has 0 aliphatic heterocycles. The van der Waals surface area contributed by atoms with Gasteiger partial charge in [-0.05, 0) is 42.1 Å². The minimum Gasteiger partial charge on any atom is -0.496 e. The number of hydrogen-bond donors (Lipinski definition) is 1. The summed E-state index contributed by atoms with van der Waals surface area (Å²) in [4.78, 5) is 12.7. The van der Waals surface area contributed by atoms with Crippen molar-refractivity contribution in [3.63, 3.8) is 0 Å². The van der Waals surface area contributed by atoms with Crippen LogP contribution in [0.4, 0.5) is 0 Å². The van der Waals surface area contributed by atoms with Gasteiger partial charge in [0, 0.05) is 23.1 Å². The quantitative estimate of drug-likeness (QED) is 0.426. The lowest BCUT2D eigenvalue weighted by Crippen LogP contribution is -2.23. The van der Waals surface area contributed by atoms with Crippen molar-refractivity contribution in [2.75, 3.05) is 7.11 Å². The molecule has 0 aromatic heterocycles. The minimum atomic E-state index is -0.130. The fourth-order valence-corrected chi connectivity index (χ4v) is 3.50. The van der Waals surface area contributed by atoms with E-state index in [1.165, 1.54) is 5.56 Å². The number of fused-ring (bicyclic) bond motifs is 1. The average molecular weight is 412 g/mol. The number of methoxy groups -OCH3 is 1. The summed E-state index contributed by atoms with van der Waals surface area (Å²) in [7, 11) is 1.62. The van der Waals surface area contributed by atoms with Crippen LogP contribution in [-0.2, 0) is 13.2 Å². The third kappa shape index (κ3) is 4.86. The highest BCUT2D eigenvalue weighted by Gasteiger charge is 2.12. The van der Waals surface area contributed by atoms with E-state index in [4.69, 9.17) is 9.47 Å². The standard InChI is InChI=1S/C27H25NO3/c1-19-10-12-20(13-11-19)17-28-27(29)22-14-15-25(30-2)23(16-22)18-31-26-9-5-7-21-6-3-4-8-24(21)26/h3-16H,17-18H2,1-2H3,(H,28,29). The van der Waals surface area contributed by atoms with Gasteiger partial charge in [0.1, 0.15) is 18.1 Å². The van der Waals surface area contributed by atoms with E-state index >= 15 is 0 Å². The van der Waals surface area contributed by atoms with Gasteiger partial charge in [-0.2, -0.15) is 0 Å². The number of rotatable bonds is 7. The molecule has 0 saturated carbocycles. The van der Waals surface area contributed by atoms with Crippen molar-refractivity contribution < 1.29 is 14.3 Å². The molecule has 0 unspecified atom stereocenters. The van der Waals surface area contributed by atoms with Gasteiger partial charge in [-0.15, -0.1) is 0 Å². The van der Waals surface area contributed by atoms with Gasteiger partial charge >= 0.3 is 0 Å². The van der Waals surface area contributed by atoms with Crippen molar-refractivity contribution in [2.45, 2.75) is 20.1 Å². The number of aryl methyl sites for hydroxylation is 1. The molecule has 4 aromatic carbocycles. The Bertz CT molecular complexity index is 1190. The van der Waals surface area contributed by atoms with Gasteiger partial charge in [0.2, 0.25) is 0 Å². The highest BCUT2D eigenvalue weighted by Crippen LogP contribution is 2.28. The Morgan fingerprint density at radius 2 is 1.65 bits per heavy atom. The summed E-state index contributed by atoms with van der Waals surface area (Å²) in [6, 6.07) is 27.6. The van der Waals surface area contributed by atoms with Gasteiger partial charge in [-0.25, -0.2) is 0 Å². The monoisotopic (exact) mass is 411 g/mol. The third-order valence-corrected chi connectivity index (χ3v) is 5.25. The first-order valence-corrected chi connectivity index (χ1v) is 10.3. The number of carbonyl (C=O) groups is 1. The van der Waals surface area contributed by atoms with Crippen LogP contribution in [0.5, 0.6) is 11.5 Å². The van der Waals surface area contributed by atoms with Gasteiger partial charge in [0.25, 0.3) is 5.91 Å². The zero-order valence-corrected chi connectivity index (χ0v) is 17.7. The number of ether oxygens (including phenoxy) is 2. The normalized spacial score (nSPS) is 10.6. The number of amides is 1. The van der Waals surface area contributed by atoms with Crippen LogP contribution in [0.3, 0.4) is 0 Å². The molecule has 1 N–H and O–H groups in total. The Morgan fingerprint density at radius 3 is 2.45 bits per heavy atom. The smallest absolute Gasteiger partial charge is 0.251 e. The predicted molar refractivity (Wildman–Crippen MR) is 124 cm³/mol. The van der Waals surface area contributed by atoms with Crippen molar-refractivity contribution in [3.8, 4) is 11.5 Å². The second kappa shape index (κ2) is 9.35. The average Bonchev–Trinajstić information content (AvgIpc) is 2.82. The number of hydrogen-bond acceptors (Lipinski definition) is 3. The molecular weight excluding hydrogens is 386 g/mol. The van der Waals surface area contributed by atoms with E-state index in [0.29, 0.717) is 24.5 Å². The van der Waals surface area contributed by atoms with Crippen LogP contribution in [0.25, 0.3) is 10.8 Å². The van der Waals surface area contributed by atoms with E-state index in [0.717, 1.165) is 27.6 Å². The lowest BCUT2D eigenvalue weighted by molar-refractivity contribution is 0.0950. The van der Waals surface area contributed by atoms with Gasteiger partial charge in [-0.3, -0.25) is 4.79 Å². The molecule has 0 aliphatic carbocycles. The fraction of sp³-hybridized carbons (Fsp3) is 0.148. The Balaban J connectivity index is 1.49. The van der Waals surface area contributed by atoms with Crippen molar-refractivity contribution in [1.82, 2.24) is 5.32 Å². The zero-order chi connectivity index (χ0) is 21.6. The Hall–Kier alpha value is -3.79. The summed E-state index contributed by atoms with van der Waals surface area (Å²) in [5, 5.41) is 5.15. The van der Waals surface area contributed by atoms with E-state index in [1.54, 1.807) is 13.2 Å². The molecule has 0 atom stereocenters. The molecule has 4 heteroatoms. The maximum Gasteiger partial charge on any atom is 0.251 e. The molecule has 31 heavy (non-hydrogen) atoms. The van der Waals surface area contributed by atoms with Crippen molar-refractivity contribution in [1.29, 1.82) is 0 Å². The number of carbonyl (C=O) groups excluding carboxylic acids is 1. The number of nitrogens with one attached hydrogen (secondary N) is 1. The molecule has 4 nitrogen and oxygen atoms in total. The second-order valence-electron chi connectivity index (χ2n) is 7.46. The maximum absolute atomic E-state index is 12.7. The Kier molecular flexibility index (Phi) is 6.18. The third-order valence-electron chi connectivity index (χ3n) is 5.25. The maximum atomic E-state index is 12.7. The highest BCUT2D eigenvalue weighted by molar-refractivity contribution is 5.94. The van der Waals surface area contributed by atoms with Crippen LogP contribution in [0, 0.1) is 6.92 Å². The molecule has 0 saturated heterocycles. The SMILES string of the molecule is COc1ccc(C(=O)NCc2ccc(C)cc2)cc1COc1cccc2ccccc12. The van der Waals surface area contributed by atoms with Crippen LogP contribution in [0.1, 0.15) is 27.0 Å². The molecule has 4 rings (SSSR count). The van der Waals surface area contributed by atoms with Crippen LogP contribution in [0.2, 0.25) is 0 Å². The summed E-state index contributed by atoms with van der Waals surface area (Å²) >= 11 is 0. The minimum absolute atomic E-state index is 0.130. The first-order chi connectivity index (χ1) is 15.1. The summed E-state index contributed by atoms with van der Waals surface area (Å²) in [6.45, 7) is 2.82. The molecular formula is C27H25NO3. The first-order valence-electron chi connectivity index (χ1n) is 10.3. The molecule has 0 bridgehead atoms. The predicted octanol–water partition coefficient (Wildman–Crippen LogP) is 5.67. The Labute approximate surface area is 182 Å². The Morgan fingerprint density at radius 1 is 0.871 bits per heavy atom. The lowest BCUT2D eigenvalue weighted by atomic mass is 10.1. The van der Waals surface area contributed by atoms with Gasteiger partial charge in [0.15, 0.2) is 0 Å². The largest absolute Gasteiger partial charge is 0.496 e. The van der Waals surface area contributed by atoms with Crippen LogP contribution >= 0.6 is 0 Å². The van der Waals surface area contributed by atoms with Crippen molar-refractivity contribution in [3.05, 3.63) is 107 Å². The van der Waals surface area contributed by atoms with E-state index in [-0.39, 0.29) is 5.91 Å². The van der Waals surface area contributed by atoms with Gasteiger partial charge < -0.3 is 14.8 Å². The van der Waals surface area contributed by atoms with E-state index in [1.807, 2.05) is 73.7 Å². The lowest BCUT2D eigenvalue weighted by Gasteiger charge is -2.14. The summed E-state index contributed by atoms with van der Waals surface area (Å²) in [6.07, 6.45) is 0. The summed E-state index contributed by atoms with van der Waals surface area (Å²) in [5.41, 5.74) is 3.65. The molecule has 156 valence electrons. The molecule has 1 amide bonds. The number of benzene rings is 4. The molecule has 0 spiro atoms. The molecule has 4 aromatic rings. The zero-order valence-electron chi connectivity index (χ0n) is 17.7. The van der Waals surface area contributed by atoms with Crippen LogP contribution in [0.15, 0.2) is 84.9 Å². The molecule has 0 radical (unpaired) electrons. The van der Waals surface area contributed by atoms with Gasteiger partial charge in [-0.1, -0.05) is 66.2 Å². The topological polar surface area (TPSA) is 47.6 Å². The second-order valence-corrected chi connectivity index (χ2v) is 7.46. The molecule has 0 aliphatic rings. The van der Waals surface area contributed by atoms with E-state index in [9.17, 15) is 4.79 Å².